The van der Waals surface area contributed by atoms with Crippen molar-refractivity contribution in [2.45, 2.75) is 32.0 Å². The molecule has 122 valence electrons. The highest BCUT2D eigenvalue weighted by atomic mass is 32.2. The van der Waals surface area contributed by atoms with Crippen LogP contribution in [-0.2, 0) is 13.1 Å². The molecule has 1 aromatic rings. The summed E-state index contributed by atoms with van der Waals surface area (Å²) in [6.45, 7) is 0.956. The largest absolute Gasteiger partial charge is 0.335 e. The predicted molar refractivity (Wildman–Crippen MR) is 89.5 cm³/mol. The fourth-order valence-electron chi connectivity index (χ4n) is 2.47. The highest BCUT2D eigenvalue weighted by molar-refractivity contribution is 7.99. The van der Waals surface area contributed by atoms with Crippen LogP contribution in [0.1, 0.15) is 24.0 Å². The number of hydrogen-bond acceptors (Lipinski definition) is 3. The summed E-state index contributed by atoms with van der Waals surface area (Å²) in [5.74, 6) is 1.96. The number of halogens is 1. The van der Waals surface area contributed by atoms with Crippen molar-refractivity contribution >= 4 is 17.8 Å². The Hall–Kier alpha value is -1.27. The fourth-order valence-corrected chi connectivity index (χ4v) is 3.55. The molecule has 0 aromatic heterocycles. The summed E-state index contributed by atoms with van der Waals surface area (Å²) < 4.78 is 13.7. The minimum Gasteiger partial charge on any atom is -0.335 e. The third-order valence-electron chi connectivity index (χ3n) is 3.55. The van der Waals surface area contributed by atoms with E-state index in [1.54, 1.807) is 6.07 Å². The molecule has 0 bridgehead atoms. The monoisotopic (exact) mass is 325 g/mol. The first-order valence-corrected chi connectivity index (χ1v) is 8.74. The summed E-state index contributed by atoms with van der Waals surface area (Å²) in [4.78, 5) is 13.8. The number of carbonyl (C=O) groups excluding carboxylic acids is 1. The quantitative estimate of drug-likeness (QED) is 0.874. The Balaban J connectivity index is 1.83. The van der Waals surface area contributed by atoms with Crippen molar-refractivity contribution in [3.63, 3.8) is 0 Å². The van der Waals surface area contributed by atoms with Crippen molar-refractivity contribution in [3.8, 4) is 0 Å². The number of urea groups is 1. The number of nitrogens with one attached hydrogen (secondary N) is 2. The third kappa shape index (κ3) is 5.50. The zero-order valence-electron chi connectivity index (χ0n) is 13.2. The molecule has 1 heterocycles. The Morgan fingerprint density at radius 3 is 2.95 bits per heavy atom. The van der Waals surface area contributed by atoms with Gasteiger partial charge in [0.1, 0.15) is 5.82 Å². The second-order valence-electron chi connectivity index (χ2n) is 5.90. The first-order chi connectivity index (χ1) is 10.5. The average molecular weight is 325 g/mol. The third-order valence-corrected chi connectivity index (χ3v) is 4.76. The van der Waals surface area contributed by atoms with Gasteiger partial charge in [0, 0.05) is 30.4 Å². The Morgan fingerprint density at radius 2 is 2.27 bits per heavy atom. The normalized spacial score (nSPS) is 18.3. The molecular weight excluding hydrogens is 301 g/mol. The van der Waals surface area contributed by atoms with E-state index in [-0.39, 0.29) is 17.9 Å². The Morgan fingerprint density at radius 1 is 1.45 bits per heavy atom. The lowest BCUT2D eigenvalue weighted by Crippen LogP contribution is -2.44. The van der Waals surface area contributed by atoms with Crippen LogP contribution >= 0.6 is 11.8 Å². The van der Waals surface area contributed by atoms with Crippen LogP contribution in [0.5, 0.6) is 0 Å². The highest BCUT2D eigenvalue weighted by Crippen LogP contribution is 2.16. The SMILES string of the molecule is CN(C)Cc1cc(CNC(=O)N[C@@H]2CCCSC2)ccc1F. The van der Waals surface area contributed by atoms with E-state index in [1.807, 2.05) is 36.8 Å². The molecule has 6 heteroatoms. The van der Waals surface area contributed by atoms with Crippen LogP contribution in [0.15, 0.2) is 18.2 Å². The maximum Gasteiger partial charge on any atom is 0.315 e. The summed E-state index contributed by atoms with van der Waals surface area (Å²) in [5.41, 5.74) is 1.56. The lowest BCUT2D eigenvalue weighted by Gasteiger charge is -2.22. The maximum atomic E-state index is 13.7. The minimum absolute atomic E-state index is 0.147. The van der Waals surface area contributed by atoms with Crippen molar-refractivity contribution < 1.29 is 9.18 Å². The van der Waals surface area contributed by atoms with Gasteiger partial charge in [-0.05, 0) is 50.4 Å². The summed E-state index contributed by atoms with van der Waals surface area (Å²) in [6.07, 6.45) is 2.20. The first-order valence-electron chi connectivity index (χ1n) is 7.58. The first kappa shape index (κ1) is 17.1. The molecule has 4 nitrogen and oxygen atoms in total. The van der Waals surface area contributed by atoms with Gasteiger partial charge in [0.05, 0.1) is 0 Å². The van der Waals surface area contributed by atoms with E-state index in [0.717, 1.165) is 24.2 Å². The molecule has 1 fully saturated rings. The molecule has 2 amide bonds. The maximum absolute atomic E-state index is 13.7. The standard InChI is InChI=1S/C16H24FN3OS/c1-20(2)10-13-8-12(5-6-15(13)17)9-18-16(21)19-14-4-3-7-22-11-14/h5-6,8,14H,3-4,7,9-11H2,1-2H3,(H2,18,19,21)/t14-/m1/s1. The van der Waals surface area contributed by atoms with Crippen molar-refractivity contribution in [2.75, 3.05) is 25.6 Å². The van der Waals surface area contributed by atoms with Crippen molar-refractivity contribution in [1.82, 2.24) is 15.5 Å². The van der Waals surface area contributed by atoms with Crippen LogP contribution in [-0.4, -0.2) is 42.6 Å². The van der Waals surface area contributed by atoms with Gasteiger partial charge in [0.25, 0.3) is 0 Å². The van der Waals surface area contributed by atoms with Gasteiger partial charge >= 0.3 is 6.03 Å². The van der Waals surface area contributed by atoms with Crippen molar-refractivity contribution in [1.29, 1.82) is 0 Å². The second-order valence-corrected chi connectivity index (χ2v) is 7.05. The molecule has 1 atom stereocenters. The van der Waals surface area contributed by atoms with Gasteiger partial charge in [0.2, 0.25) is 0 Å². The molecule has 0 radical (unpaired) electrons. The van der Waals surface area contributed by atoms with E-state index in [2.05, 4.69) is 10.6 Å². The molecule has 1 aliphatic rings. The summed E-state index contributed by atoms with van der Waals surface area (Å²) in [5, 5.41) is 5.85. The van der Waals surface area contributed by atoms with Gasteiger partial charge in [-0.15, -0.1) is 0 Å². The number of carbonyl (C=O) groups is 1. The molecule has 0 spiro atoms. The van der Waals surface area contributed by atoms with Crippen LogP contribution in [0.3, 0.4) is 0 Å². The second kappa shape index (κ2) is 8.39. The average Bonchev–Trinajstić information content (AvgIpc) is 2.48. The minimum atomic E-state index is -0.207. The number of benzene rings is 1. The Bertz CT molecular complexity index is 504. The number of rotatable bonds is 5. The van der Waals surface area contributed by atoms with Gasteiger partial charge in [-0.25, -0.2) is 9.18 Å². The molecule has 1 aliphatic heterocycles. The highest BCUT2D eigenvalue weighted by Gasteiger charge is 2.15. The summed E-state index contributed by atoms with van der Waals surface area (Å²) >= 11 is 1.88. The van der Waals surface area contributed by atoms with Crippen LogP contribution in [0.4, 0.5) is 9.18 Å². The van der Waals surface area contributed by atoms with E-state index in [4.69, 9.17) is 0 Å². The number of hydrogen-bond donors (Lipinski definition) is 2. The molecule has 0 saturated carbocycles. The molecular formula is C16H24FN3OS. The number of amides is 2. The summed E-state index contributed by atoms with van der Waals surface area (Å²) in [6, 6.07) is 5.10. The van der Waals surface area contributed by atoms with Gasteiger partial charge in [-0.1, -0.05) is 6.07 Å². The molecule has 0 unspecified atom stereocenters. The van der Waals surface area contributed by atoms with Gasteiger partial charge in [0.15, 0.2) is 0 Å². The number of thioether (sulfide) groups is 1. The lowest BCUT2D eigenvalue weighted by atomic mass is 10.1. The van der Waals surface area contributed by atoms with Crippen molar-refractivity contribution in [2.24, 2.45) is 0 Å². The van der Waals surface area contributed by atoms with E-state index in [9.17, 15) is 9.18 Å². The molecule has 2 N–H and O–H groups in total. The van der Waals surface area contributed by atoms with Gasteiger partial charge in [-0.2, -0.15) is 11.8 Å². The van der Waals surface area contributed by atoms with Crippen LogP contribution in [0, 0.1) is 5.82 Å². The molecule has 1 aromatic carbocycles. The van der Waals surface area contributed by atoms with Crippen LogP contribution in [0.2, 0.25) is 0 Å². The zero-order chi connectivity index (χ0) is 15.9. The fraction of sp³-hybridized carbons (Fsp3) is 0.562. The Labute approximate surface area is 135 Å². The predicted octanol–water partition coefficient (Wildman–Crippen LogP) is 2.58. The molecule has 2 rings (SSSR count). The zero-order valence-corrected chi connectivity index (χ0v) is 14.0. The molecule has 0 aliphatic carbocycles. The molecule has 1 saturated heterocycles. The van der Waals surface area contributed by atoms with E-state index in [1.165, 1.54) is 11.8 Å². The van der Waals surface area contributed by atoms with E-state index >= 15 is 0 Å². The summed E-state index contributed by atoms with van der Waals surface area (Å²) in [7, 11) is 3.81. The topological polar surface area (TPSA) is 44.4 Å². The Kier molecular flexibility index (Phi) is 6.51. The van der Waals surface area contributed by atoms with E-state index in [0.29, 0.717) is 18.7 Å². The van der Waals surface area contributed by atoms with Crippen LogP contribution in [0.25, 0.3) is 0 Å². The van der Waals surface area contributed by atoms with Crippen LogP contribution < -0.4 is 10.6 Å². The van der Waals surface area contributed by atoms with Gasteiger partial charge < -0.3 is 15.5 Å². The van der Waals surface area contributed by atoms with E-state index < -0.39 is 0 Å². The lowest BCUT2D eigenvalue weighted by molar-refractivity contribution is 0.237. The molecule has 22 heavy (non-hydrogen) atoms. The van der Waals surface area contributed by atoms with Gasteiger partial charge in [-0.3, -0.25) is 0 Å². The number of nitrogens with zero attached hydrogens (tertiary/aromatic N) is 1. The smallest absolute Gasteiger partial charge is 0.315 e. The van der Waals surface area contributed by atoms with Crippen molar-refractivity contribution in [3.05, 3.63) is 35.1 Å².